The van der Waals surface area contributed by atoms with Crippen molar-refractivity contribution in [1.29, 1.82) is 0 Å². The second-order valence-corrected chi connectivity index (χ2v) is 8.02. The molecule has 6 rings (SSSR count). The second-order valence-electron chi connectivity index (χ2n) is 8.02. The molecule has 26 heavy (non-hydrogen) atoms. The molecule has 0 radical (unpaired) electrons. The van der Waals surface area contributed by atoms with Crippen molar-refractivity contribution < 1.29 is 9.90 Å². The number of imidazole rings is 1. The molecule has 1 aromatic heterocycles. The molecule has 3 aliphatic carbocycles. The average molecular weight is 349 g/mol. The number of nitrogens with one attached hydrogen (secondary N) is 1. The van der Waals surface area contributed by atoms with Crippen LogP contribution >= 0.6 is 0 Å². The summed E-state index contributed by atoms with van der Waals surface area (Å²) in [6.07, 6.45) is 7.78. The first-order valence-electron chi connectivity index (χ1n) is 9.35. The lowest BCUT2D eigenvalue weighted by Gasteiger charge is -2.52. The Morgan fingerprint density at radius 2 is 2.23 bits per heavy atom. The van der Waals surface area contributed by atoms with Gasteiger partial charge >= 0.3 is 0 Å². The monoisotopic (exact) mass is 349 g/mol. The lowest BCUT2D eigenvalue weighted by molar-refractivity contribution is -0.118. The number of nitrogens with zero attached hydrogens (tertiary/aromatic N) is 2. The van der Waals surface area contributed by atoms with E-state index in [9.17, 15) is 9.90 Å². The van der Waals surface area contributed by atoms with E-state index >= 15 is 0 Å². The third kappa shape index (κ3) is 2.20. The number of hydrogen-bond donors (Lipinski definition) is 2. The fourth-order valence-corrected chi connectivity index (χ4v) is 5.14. The minimum absolute atomic E-state index is 0.00245. The van der Waals surface area contributed by atoms with E-state index in [2.05, 4.69) is 39.1 Å². The van der Waals surface area contributed by atoms with Crippen LogP contribution in [0.5, 0.6) is 0 Å². The number of carbonyl (C=O) groups excluding carboxylic acids is 1. The molecule has 1 fully saturated rings. The Hall–Kier alpha value is -2.40. The molecule has 1 aliphatic heterocycles. The Morgan fingerprint density at radius 3 is 2.96 bits per heavy atom. The third-order valence-corrected chi connectivity index (χ3v) is 6.51. The maximum absolute atomic E-state index is 11.3. The molecule has 1 amide bonds. The number of amides is 1. The van der Waals surface area contributed by atoms with Crippen molar-refractivity contribution in [2.24, 2.45) is 5.41 Å². The number of benzene rings is 1. The van der Waals surface area contributed by atoms with E-state index in [1.165, 1.54) is 16.7 Å². The van der Waals surface area contributed by atoms with Crippen molar-refractivity contribution in [2.75, 3.05) is 0 Å². The first kappa shape index (κ1) is 15.8. The van der Waals surface area contributed by atoms with Gasteiger partial charge in [0.15, 0.2) is 0 Å². The molecule has 4 aliphatic rings. The fourth-order valence-electron chi connectivity index (χ4n) is 5.14. The molecule has 2 bridgehead atoms. The topological polar surface area (TPSA) is 67.2 Å². The number of carbonyl (C=O) groups is 1. The highest BCUT2D eigenvalue weighted by atomic mass is 16.3. The Balaban J connectivity index is 1.37. The lowest BCUT2D eigenvalue weighted by atomic mass is 9.55. The minimum Gasteiger partial charge on any atom is -0.392 e. The molecule has 1 aromatic carbocycles. The summed E-state index contributed by atoms with van der Waals surface area (Å²) in [4.78, 5) is 15.6. The molecule has 2 aromatic rings. The quantitative estimate of drug-likeness (QED) is 0.891. The maximum atomic E-state index is 11.3. The van der Waals surface area contributed by atoms with Crippen LogP contribution in [0.25, 0.3) is 11.3 Å². The van der Waals surface area contributed by atoms with Gasteiger partial charge in [0.05, 0.1) is 30.4 Å². The summed E-state index contributed by atoms with van der Waals surface area (Å²) in [5, 5.41) is 14.1. The highest BCUT2D eigenvalue weighted by Crippen LogP contribution is 2.58. The SMILES string of the molecule is CC(=O)NC1=C2CC(C(O)CC3c4ccccc4-c4cncn43)(CC1)C2. The van der Waals surface area contributed by atoms with Gasteiger partial charge in [-0.2, -0.15) is 0 Å². The molecular formula is C21H23N3O2. The lowest BCUT2D eigenvalue weighted by Crippen LogP contribution is -2.48. The summed E-state index contributed by atoms with van der Waals surface area (Å²) >= 11 is 0. The molecule has 1 saturated carbocycles. The number of aromatic nitrogens is 2. The molecule has 2 heterocycles. The zero-order valence-electron chi connectivity index (χ0n) is 14.9. The number of aliphatic hydroxyl groups excluding tert-OH is 1. The minimum atomic E-state index is -0.350. The van der Waals surface area contributed by atoms with E-state index in [4.69, 9.17) is 0 Å². The molecule has 5 heteroatoms. The molecule has 0 saturated heterocycles. The highest BCUT2D eigenvalue weighted by Gasteiger charge is 2.51. The largest absolute Gasteiger partial charge is 0.392 e. The highest BCUT2D eigenvalue weighted by molar-refractivity contribution is 5.75. The van der Waals surface area contributed by atoms with E-state index < -0.39 is 0 Å². The summed E-state index contributed by atoms with van der Waals surface area (Å²) in [5.41, 5.74) is 6.04. The Kier molecular flexibility index (Phi) is 3.38. The number of hydrogen-bond acceptors (Lipinski definition) is 3. The summed E-state index contributed by atoms with van der Waals surface area (Å²) in [7, 11) is 0. The zero-order chi connectivity index (χ0) is 17.9. The van der Waals surface area contributed by atoms with E-state index in [1.54, 1.807) is 6.92 Å². The first-order chi connectivity index (χ1) is 12.6. The van der Waals surface area contributed by atoms with Crippen molar-refractivity contribution in [1.82, 2.24) is 14.9 Å². The van der Waals surface area contributed by atoms with Gasteiger partial charge in [-0.05, 0) is 43.2 Å². The van der Waals surface area contributed by atoms with Gasteiger partial charge in [-0.15, -0.1) is 0 Å². The molecule has 5 nitrogen and oxygen atoms in total. The molecule has 134 valence electrons. The summed E-state index contributed by atoms with van der Waals surface area (Å²) in [5.74, 6) is 0.00245. The van der Waals surface area contributed by atoms with Crippen molar-refractivity contribution >= 4 is 5.91 Å². The van der Waals surface area contributed by atoms with Gasteiger partial charge < -0.3 is 15.0 Å². The summed E-state index contributed by atoms with van der Waals surface area (Å²) < 4.78 is 2.20. The van der Waals surface area contributed by atoms with Gasteiger partial charge in [0.2, 0.25) is 5.91 Å². The van der Waals surface area contributed by atoms with Gasteiger partial charge in [0.25, 0.3) is 0 Å². The predicted molar refractivity (Wildman–Crippen MR) is 98.2 cm³/mol. The molecule has 0 spiro atoms. The number of allylic oxidation sites excluding steroid dienone is 2. The van der Waals surface area contributed by atoms with Crippen molar-refractivity contribution in [3.63, 3.8) is 0 Å². The standard InChI is InChI=1S/C21H23N3O2/c1-13(25)23-17-6-7-21(9-14(17)10-21)20(26)8-18-15-4-2-3-5-16(15)19-11-22-12-24(18)19/h2-5,11-12,18,20,26H,6-10H2,1H3,(H,23,25). The Bertz CT molecular complexity index is 919. The van der Waals surface area contributed by atoms with Crippen LogP contribution in [0.15, 0.2) is 48.1 Å². The van der Waals surface area contributed by atoms with Crippen LogP contribution < -0.4 is 5.32 Å². The summed E-state index contributed by atoms with van der Waals surface area (Å²) in [6, 6.07) is 8.58. The first-order valence-corrected chi connectivity index (χ1v) is 9.35. The number of rotatable bonds is 4. The molecule has 2 unspecified atom stereocenters. The van der Waals surface area contributed by atoms with Crippen LogP contribution in [0.3, 0.4) is 0 Å². The number of aliphatic hydroxyl groups is 1. The molecule has 2 N–H and O–H groups in total. The van der Waals surface area contributed by atoms with Crippen LogP contribution in [0, 0.1) is 5.41 Å². The van der Waals surface area contributed by atoms with Crippen LogP contribution in [0.1, 0.15) is 50.6 Å². The molecular weight excluding hydrogens is 326 g/mol. The van der Waals surface area contributed by atoms with Gasteiger partial charge in [-0.25, -0.2) is 4.98 Å². The van der Waals surface area contributed by atoms with E-state index in [0.717, 1.165) is 37.1 Å². The predicted octanol–water partition coefficient (Wildman–Crippen LogP) is 3.17. The maximum Gasteiger partial charge on any atom is 0.220 e. The van der Waals surface area contributed by atoms with Gasteiger partial charge in [0, 0.05) is 23.6 Å². The molecule has 2 atom stereocenters. The van der Waals surface area contributed by atoms with Crippen LogP contribution in [0.4, 0.5) is 0 Å². The normalized spacial score (nSPS) is 23.1. The summed E-state index contributed by atoms with van der Waals surface area (Å²) in [6.45, 7) is 1.56. The zero-order valence-corrected chi connectivity index (χ0v) is 14.9. The van der Waals surface area contributed by atoms with Crippen LogP contribution in [-0.2, 0) is 4.79 Å². The smallest absolute Gasteiger partial charge is 0.220 e. The Morgan fingerprint density at radius 1 is 1.42 bits per heavy atom. The van der Waals surface area contributed by atoms with Gasteiger partial charge in [-0.3, -0.25) is 4.79 Å². The van der Waals surface area contributed by atoms with E-state index in [-0.39, 0.29) is 23.5 Å². The van der Waals surface area contributed by atoms with Crippen molar-refractivity contribution in [3.05, 3.63) is 53.6 Å². The third-order valence-electron chi connectivity index (χ3n) is 6.51. The van der Waals surface area contributed by atoms with E-state index in [0.29, 0.717) is 6.42 Å². The average Bonchev–Trinajstić information content (AvgIpc) is 3.17. The van der Waals surface area contributed by atoms with Crippen molar-refractivity contribution in [3.8, 4) is 11.3 Å². The van der Waals surface area contributed by atoms with Crippen molar-refractivity contribution in [2.45, 2.75) is 51.2 Å². The van der Waals surface area contributed by atoms with Crippen LogP contribution in [0.2, 0.25) is 0 Å². The van der Waals surface area contributed by atoms with Gasteiger partial charge in [0.1, 0.15) is 0 Å². The van der Waals surface area contributed by atoms with Gasteiger partial charge in [-0.1, -0.05) is 24.3 Å². The second kappa shape index (κ2) is 5.55. The Labute approximate surface area is 152 Å². The fraction of sp³-hybridized carbons (Fsp3) is 0.429. The van der Waals surface area contributed by atoms with E-state index in [1.807, 2.05) is 12.5 Å². The number of fused-ring (bicyclic) bond motifs is 5. The van der Waals surface area contributed by atoms with Crippen LogP contribution in [-0.4, -0.2) is 26.7 Å².